The average Bonchev–Trinajstić information content (AvgIpc) is 3.60. The summed E-state index contributed by atoms with van der Waals surface area (Å²) >= 11 is 1.90. The number of allylic oxidation sites excluding steroid dienone is 2. The molecule has 1 saturated heterocycles. The molecule has 270 valence electrons. The maximum Gasteiger partial charge on any atom is 0.107 e. The minimum absolute atomic E-state index is 0.00563. The Balaban J connectivity index is 1.02. The summed E-state index contributed by atoms with van der Waals surface area (Å²) in [6, 6.07) is 65.4. The highest BCUT2D eigenvalue weighted by Gasteiger charge is 2.50. The molecule has 0 amide bonds. The highest BCUT2D eigenvalue weighted by atomic mass is 32.1. The van der Waals surface area contributed by atoms with E-state index in [0.717, 1.165) is 5.69 Å². The monoisotopic (exact) mass is 739 g/mol. The van der Waals surface area contributed by atoms with Gasteiger partial charge in [-0.05, 0) is 88.3 Å². The molecule has 0 saturated carbocycles. The Kier molecular flexibility index (Phi) is 8.01. The number of hydrogen-bond donors (Lipinski definition) is 1. The molecule has 6 unspecified atom stereocenters. The van der Waals surface area contributed by atoms with Gasteiger partial charge in [0.1, 0.15) is 6.17 Å². The van der Waals surface area contributed by atoms with E-state index < -0.39 is 0 Å². The maximum atomic E-state index is 3.94. The van der Waals surface area contributed by atoms with E-state index in [9.17, 15) is 0 Å². The standard InChI is InChI=1S/C52H41N3S/c1-34-50(36-17-7-3-8-18-36)54(34)52(53-40-20-9-4-10-21-40)39-19-13-22-41(31-39)55-47-29-27-37(35-15-5-2-6-16-35)32-45(47)46-33-38(28-30-48(46)55)42-24-14-25-44-43-23-11-12-26-49(43)56-51(42)44/h2-34,45,47,50,52-53H,1H3. The van der Waals surface area contributed by atoms with E-state index in [0.29, 0.717) is 12.1 Å². The number of rotatable bonds is 8. The Morgan fingerprint density at radius 2 is 1.38 bits per heavy atom. The van der Waals surface area contributed by atoms with Crippen LogP contribution < -0.4 is 10.2 Å². The zero-order chi connectivity index (χ0) is 37.2. The van der Waals surface area contributed by atoms with Crippen molar-refractivity contribution in [2.24, 2.45) is 0 Å². The van der Waals surface area contributed by atoms with E-state index >= 15 is 0 Å². The van der Waals surface area contributed by atoms with Gasteiger partial charge >= 0.3 is 0 Å². The van der Waals surface area contributed by atoms with Crippen LogP contribution in [0.2, 0.25) is 0 Å². The molecule has 3 heterocycles. The van der Waals surface area contributed by atoms with Gasteiger partial charge < -0.3 is 10.2 Å². The lowest BCUT2D eigenvalue weighted by atomic mass is 9.85. The molecule has 1 aliphatic carbocycles. The molecule has 3 aliphatic rings. The van der Waals surface area contributed by atoms with Gasteiger partial charge in [-0.3, -0.25) is 4.90 Å². The lowest BCUT2D eigenvalue weighted by Crippen LogP contribution is -2.29. The fraction of sp³-hybridized carbons (Fsp3) is 0.115. The molecule has 7 aromatic carbocycles. The highest BCUT2D eigenvalue weighted by Crippen LogP contribution is 2.53. The first-order valence-corrected chi connectivity index (χ1v) is 20.5. The Morgan fingerprint density at radius 3 is 2.21 bits per heavy atom. The topological polar surface area (TPSA) is 18.3 Å². The average molecular weight is 740 g/mol. The summed E-state index contributed by atoms with van der Waals surface area (Å²) in [5.74, 6) is 0.198. The zero-order valence-electron chi connectivity index (χ0n) is 31.2. The van der Waals surface area contributed by atoms with E-state index in [1.54, 1.807) is 0 Å². The lowest BCUT2D eigenvalue weighted by molar-refractivity contribution is 0.399. The number of thiophene rings is 1. The molecular weight excluding hydrogens is 699 g/mol. The zero-order valence-corrected chi connectivity index (χ0v) is 32.0. The van der Waals surface area contributed by atoms with E-state index in [1.807, 2.05) is 11.3 Å². The molecule has 8 aromatic rings. The van der Waals surface area contributed by atoms with Crippen LogP contribution in [0.25, 0.3) is 36.9 Å². The number of hydrogen-bond acceptors (Lipinski definition) is 4. The largest absolute Gasteiger partial charge is 0.366 e. The summed E-state index contributed by atoms with van der Waals surface area (Å²) < 4.78 is 2.69. The predicted molar refractivity (Wildman–Crippen MR) is 237 cm³/mol. The third kappa shape index (κ3) is 5.59. The first-order chi connectivity index (χ1) is 27.7. The number of fused-ring (bicyclic) bond motifs is 6. The summed E-state index contributed by atoms with van der Waals surface area (Å²) in [5.41, 5.74) is 12.7. The van der Waals surface area contributed by atoms with Crippen molar-refractivity contribution in [1.29, 1.82) is 0 Å². The van der Waals surface area contributed by atoms with E-state index in [-0.39, 0.29) is 18.1 Å². The summed E-state index contributed by atoms with van der Waals surface area (Å²) in [5, 5.41) is 6.61. The van der Waals surface area contributed by atoms with Crippen LogP contribution in [0.5, 0.6) is 0 Å². The van der Waals surface area contributed by atoms with Crippen molar-refractivity contribution in [2.75, 3.05) is 10.2 Å². The highest BCUT2D eigenvalue weighted by molar-refractivity contribution is 7.26. The molecule has 2 aliphatic heterocycles. The minimum atomic E-state index is 0.00563. The van der Waals surface area contributed by atoms with Crippen LogP contribution in [0.4, 0.5) is 17.1 Å². The molecule has 6 atom stereocenters. The number of nitrogens with zero attached hydrogens (tertiary/aromatic N) is 2. The van der Waals surface area contributed by atoms with Gasteiger partial charge in [0, 0.05) is 49.2 Å². The number of nitrogens with one attached hydrogen (secondary N) is 1. The molecule has 0 spiro atoms. The molecule has 0 bridgehead atoms. The Hall–Kier alpha value is -6.20. The molecule has 11 rings (SSSR count). The molecule has 1 fully saturated rings. The van der Waals surface area contributed by atoms with Gasteiger partial charge in [-0.15, -0.1) is 11.3 Å². The van der Waals surface area contributed by atoms with Gasteiger partial charge in [-0.25, -0.2) is 0 Å². The summed E-state index contributed by atoms with van der Waals surface area (Å²) in [7, 11) is 0. The van der Waals surface area contributed by atoms with Gasteiger partial charge in [0.15, 0.2) is 0 Å². The number of benzene rings is 7. The van der Waals surface area contributed by atoms with Crippen LogP contribution in [0.1, 0.15) is 47.3 Å². The van der Waals surface area contributed by atoms with Crippen molar-refractivity contribution in [1.82, 2.24) is 4.90 Å². The van der Waals surface area contributed by atoms with Crippen molar-refractivity contribution in [3.8, 4) is 11.1 Å². The molecule has 3 nitrogen and oxygen atoms in total. The van der Waals surface area contributed by atoms with Gasteiger partial charge in [0.2, 0.25) is 0 Å². The fourth-order valence-corrected chi connectivity index (χ4v) is 10.6. The van der Waals surface area contributed by atoms with Gasteiger partial charge in [-0.1, -0.05) is 152 Å². The van der Waals surface area contributed by atoms with Crippen LogP contribution in [0.15, 0.2) is 194 Å². The van der Waals surface area contributed by atoms with Crippen LogP contribution in [-0.4, -0.2) is 17.0 Å². The second-order valence-electron chi connectivity index (χ2n) is 15.3. The molecule has 4 heteroatoms. The second kappa shape index (κ2) is 13.5. The van der Waals surface area contributed by atoms with E-state index in [4.69, 9.17) is 0 Å². The first kappa shape index (κ1) is 33.2. The molecule has 0 radical (unpaired) electrons. The van der Waals surface area contributed by atoms with Gasteiger partial charge in [0.05, 0.1) is 12.1 Å². The Bertz CT molecular complexity index is 2790. The van der Waals surface area contributed by atoms with Gasteiger partial charge in [0.25, 0.3) is 0 Å². The Morgan fingerprint density at radius 1 is 0.643 bits per heavy atom. The molecule has 1 aromatic heterocycles. The summed E-state index contributed by atoms with van der Waals surface area (Å²) in [4.78, 5) is 5.19. The lowest BCUT2D eigenvalue weighted by Gasteiger charge is -2.31. The maximum absolute atomic E-state index is 3.94. The minimum Gasteiger partial charge on any atom is -0.366 e. The first-order valence-electron chi connectivity index (χ1n) is 19.7. The molecule has 1 N–H and O–H groups in total. The van der Waals surface area contributed by atoms with Crippen LogP contribution >= 0.6 is 11.3 Å². The fourth-order valence-electron chi connectivity index (χ4n) is 9.40. The normalized spacial score (nSPS) is 21.4. The van der Waals surface area contributed by atoms with Crippen molar-refractivity contribution in [2.45, 2.75) is 37.1 Å². The summed E-state index contributed by atoms with van der Waals surface area (Å²) in [6.07, 6.45) is 7.28. The van der Waals surface area contributed by atoms with E-state index in [2.05, 4.69) is 216 Å². The summed E-state index contributed by atoms with van der Waals surface area (Å²) in [6.45, 7) is 2.35. The van der Waals surface area contributed by atoms with Crippen molar-refractivity contribution >= 4 is 54.1 Å². The number of para-hydroxylation sites is 1. The number of anilines is 3. The van der Waals surface area contributed by atoms with Crippen LogP contribution in [0, 0.1) is 0 Å². The third-order valence-corrected chi connectivity index (χ3v) is 13.3. The van der Waals surface area contributed by atoms with Crippen molar-refractivity contribution in [3.63, 3.8) is 0 Å². The van der Waals surface area contributed by atoms with Crippen LogP contribution in [0.3, 0.4) is 0 Å². The quantitative estimate of drug-likeness (QED) is 0.157. The van der Waals surface area contributed by atoms with E-state index in [1.165, 1.54) is 70.5 Å². The van der Waals surface area contributed by atoms with Crippen LogP contribution in [-0.2, 0) is 0 Å². The SMILES string of the molecule is CC1C(c2ccccc2)N1C(Nc1ccccc1)c1cccc(N2c3ccc(-c4cccc5c4sc4ccccc45)cc3C3C=C(c4ccccc4)C=CC32)c1. The van der Waals surface area contributed by atoms with Gasteiger partial charge in [-0.2, -0.15) is 0 Å². The molecule has 56 heavy (non-hydrogen) atoms. The predicted octanol–water partition coefficient (Wildman–Crippen LogP) is 13.5. The van der Waals surface area contributed by atoms with Crippen molar-refractivity contribution in [3.05, 3.63) is 216 Å². The molecular formula is C52H41N3S. The Labute approximate surface area is 332 Å². The third-order valence-electron chi connectivity index (χ3n) is 12.1. The second-order valence-corrected chi connectivity index (χ2v) is 16.4. The smallest absolute Gasteiger partial charge is 0.107 e. The van der Waals surface area contributed by atoms with Crippen molar-refractivity contribution < 1.29 is 0 Å².